The molecule has 2 fully saturated rings. The van der Waals surface area contributed by atoms with Gasteiger partial charge in [0.25, 0.3) is 5.91 Å². The lowest BCUT2D eigenvalue weighted by atomic mass is 10.00. The summed E-state index contributed by atoms with van der Waals surface area (Å²) in [7, 11) is 2.88. The Hall–Kier alpha value is -6.83. The van der Waals surface area contributed by atoms with E-state index in [9.17, 15) is 55.4 Å². The van der Waals surface area contributed by atoms with Crippen molar-refractivity contribution >= 4 is 41.2 Å². The predicted molar refractivity (Wildman–Crippen MR) is 265 cm³/mol. The molecule has 2 atom stereocenters. The van der Waals surface area contributed by atoms with Crippen LogP contribution in [0.4, 0.5) is 42.5 Å². The molecule has 14 nitrogen and oxygen atoms in total. The molecule has 8 rings (SSSR count). The van der Waals surface area contributed by atoms with Gasteiger partial charge in [0.15, 0.2) is 0 Å². The van der Waals surface area contributed by atoms with Crippen LogP contribution in [0.5, 0.6) is 11.5 Å². The number of hydrogen-bond donors (Lipinski definition) is 3. The summed E-state index contributed by atoms with van der Waals surface area (Å²) < 4.78 is 98.7. The Bertz CT molecular complexity index is 2840. The third-order valence-electron chi connectivity index (χ3n) is 13.8. The molecule has 2 aliphatic carbocycles. The number of carboxylic acids is 2. The number of carbonyl (C=O) groups excluding carboxylic acids is 3. The van der Waals surface area contributed by atoms with Gasteiger partial charge in [-0.1, -0.05) is 24.3 Å². The van der Waals surface area contributed by atoms with Crippen molar-refractivity contribution < 1.29 is 74.7 Å². The van der Waals surface area contributed by atoms with Gasteiger partial charge >= 0.3 is 30.4 Å². The number of nitrogens with one attached hydrogen (secondary N) is 1. The minimum Gasteiger partial charge on any atom is -0.489 e. The van der Waals surface area contributed by atoms with Crippen LogP contribution in [0, 0.1) is 13.8 Å². The molecule has 0 aromatic heterocycles. The van der Waals surface area contributed by atoms with E-state index < -0.39 is 71.5 Å². The van der Waals surface area contributed by atoms with Gasteiger partial charge < -0.3 is 39.5 Å². The highest BCUT2D eigenvalue weighted by molar-refractivity contribution is 6.02. The lowest BCUT2D eigenvalue weighted by Crippen LogP contribution is -2.51. The monoisotopic (exact) mass is 1050 g/mol. The van der Waals surface area contributed by atoms with Gasteiger partial charge in [0.1, 0.15) is 36.4 Å². The zero-order valence-corrected chi connectivity index (χ0v) is 42.8. The average molecular weight is 1050 g/mol. The number of alkyl halides is 6. The molecule has 0 bridgehead atoms. The van der Waals surface area contributed by atoms with Crippen molar-refractivity contribution in [1.82, 2.24) is 10.2 Å². The molecule has 3 amide bonds. The lowest BCUT2D eigenvalue weighted by molar-refractivity contribution is -0.141. The molecule has 0 unspecified atom stereocenters. The molecule has 2 heterocycles. The van der Waals surface area contributed by atoms with Crippen molar-refractivity contribution in [3.05, 3.63) is 116 Å². The second-order valence-corrected chi connectivity index (χ2v) is 20.5. The van der Waals surface area contributed by atoms with Crippen molar-refractivity contribution in [2.45, 2.75) is 141 Å². The number of nitrogens with zero attached hydrogens (tertiary/aromatic N) is 3. The van der Waals surface area contributed by atoms with Crippen molar-refractivity contribution in [2.24, 2.45) is 0 Å². The van der Waals surface area contributed by atoms with Gasteiger partial charge in [0, 0.05) is 31.5 Å². The van der Waals surface area contributed by atoms with Crippen LogP contribution in [0.1, 0.15) is 127 Å². The Kier molecular flexibility index (Phi) is 16.5. The summed E-state index contributed by atoms with van der Waals surface area (Å²) in [5.41, 5.74) is 4.05. The highest BCUT2D eigenvalue weighted by atomic mass is 19.4. The summed E-state index contributed by atoms with van der Waals surface area (Å²) in [5.74, 6) is -2.19. The van der Waals surface area contributed by atoms with E-state index in [0.29, 0.717) is 64.5 Å². The molecule has 4 aliphatic rings. The largest absolute Gasteiger partial charge is 0.489 e. The fourth-order valence-electron chi connectivity index (χ4n) is 9.61. The van der Waals surface area contributed by atoms with Crippen LogP contribution < -0.4 is 24.6 Å². The molecular weight excluding hydrogens is 991 g/mol. The van der Waals surface area contributed by atoms with E-state index in [4.69, 9.17) is 19.3 Å². The number of hydrogen-bond acceptors (Lipinski definition) is 9. The summed E-state index contributed by atoms with van der Waals surface area (Å²) >= 11 is 0. The van der Waals surface area contributed by atoms with Gasteiger partial charge in [-0.25, -0.2) is 4.79 Å². The standard InChI is InChI=1S/C30H35F3N2O6.C25H27F3N2O4/c1-17-20-12-13-35(27(38)24(15-26(36)37)34(5)28(39)41-29(2,3)4)23(20)10-11-25(17)40-16-18-6-9-21(19-7-8-19)22(14-18)30(31,32)33;1-14-17-9-10-30(24(33)20(29-2)12-23(31)32)21(17)7-8-22(14)34-13-15-3-6-18(16-4-5-16)19(11-15)25(26,27)28/h6,9-11,14,19,24H,7-8,12-13,15-16H2,1-5H3,(H,36,37);3,6-8,11,16,20,29H,4-5,9-10,12-13H2,1-2H3,(H,31,32)/t24-;20-/m11/s1. The maximum Gasteiger partial charge on any atom is 0.416 e. The van der Waals surface area contributed by atoms with E-state index in [0.717, 1.165) is 58.9 Å². The van der Waals surface area contributed by atoms with Crippen LogP contribution in [-0.2, 0) is 62.3 Å². The maximum atomic E-state index is 13.7. The molecule has 3 N–H and O–H groups in total. The van der Waals surface area contributed by atoms with Gasteiger partial charge in [-0.2, -0.15) is 26.3 Å². The van der Waals surface area contributed by atoms with E-state index in [1.54, 1.807) is 88.2 Å². The Balaban J connectivity index is 0.000000222. The van der Waals surface area contributed by atoms with Crippen LogP contribution in [0.3, 0.4) is 0 Å². The number of carbonyl (C=O) groups is 5. The Morgan fingerprint density at radius 1 is 0.667 bits per heavy atom. The number of amides is 3. The van der Waals surface area contributed by atoms with E-state index in [1.165, 1.54) is 18.0 Å². The van der Waals surface area contributed by atoms with E-state index >= 15 is 0 Å². The van der Waals surface area contributed by atoms with Crippen molar-refractivity contribution in [1.29, 1.82) is 0 Å². The maximum absolute atomic E-state index is 13.7. The summed E-state index contributed by atoms with van der Waals surface area (Å²) in [6, 6.07) is 13.4. The first-order valence-electron chi connectivity index (χ1n) is 24.8. The number of aliphatic carboxylic acids is 2. The topological polar surface area (TPSA) is 175 Å². The fourth-order valence-corrected chi connectivity index (χ4v) is 9.61. The van der Waals surface area contributed by atoms with Crippen LogP contribution in [0.15, 0.2) is 60.7 Å². The fraction of sp³-hybridized carbons (Fsp3) is 0.473. The first-order chi connectivity index (χ1) is 35.2. The summed E-state index contributed by atoms with van der Waals surface area (Å²) in [6.45, 7) is 9.31. The Morgan fingerprint density at radius 2 is 1.09 bits per heavy atom. The quantitative estimate of drug-likeness (QED) is 0.0911. The van der Waals surface area contributed by atoms with Gasteiger partial charge in [-0.05, 0) is 173 Å². The number of anilines is 2. The normalized spacial score (nSPS) is 16.0. The number of likely N-dealkylation sites (N-methyl/N-ethyl adjacent to an activating group) is 2. The van der Waals surface area contributed by atoms with E-state index in [-0.39, 0.29) is 43.9 Å². The molecule has 404 valence electrons. The number of fused-ring (bicyclic) bond motifs is 2. The lowest BCUT2D eigenvalue weighted by Gasteiger charge is -2.31. The number of carboxylic acid groups (broad SMARTS) is 2. The predicted octanol–water partition coefficient (Wildman–Crippen LogP) is 10.5. The number of rotatable bonds is 16. The van der Waals surface area contributed by atoms with Crippen LogP contribution in [-0.4, -0.2) is 89.8 Å². The average Bonchev–Trinajstić information content (AvgIpc) is 4.28. The summed E-state index contributed by atoms with van der Waals surface area (Å²) in [4.78, 5) is 65.7. The Morgan fingerprint density at radius 3 is 1.47 bits per heavy atom. The molecule has 20 heteroatoms. The van der Waals surface area contributed by atoms with Crippen LogP contribution >= 0.6 is 0 Å². The molecule has 0 spiro atoms. The van der Waals surface area contributed by atoms with Crippen molar-refractivity contribution in [3.8, 4) is 11.5 Å². The van der Waals surface area contributed by atoms with Crippen LogP contribution in [0.2, 0.25) is 0 Å². The SMILES string of the molecule is CN[C@H](CC(=O)O)C(=O)N1CCc2c1ccc(OCc1ccc(C3CC3)c(C(F)(F)F)c1)c2C.Cc1c(OCc2ccc(C3CC3)c(C(F)(F)F)c2)ccc2c1CCN2C(=O)[C@@H](CC(=O)O)N(C)C(=O)OC(C)(C)C. The van der Waals surface area contributed by atoms with Gasteiger partial charge in [0.05, 0.1) is 30.0 Å². The van der Waals surface area contributed by atoms with Crippen molar-refractivity contribution in [2.75, 3.05) is 37.0 Å². The van der Waals surface area contributed by atoms with Crippen LogP contribution in [0.25, 0.3) is 0 Å². The molecule has 4 aromatic carbocycles. The van der Waals surface area contributed by atoms with E-state index in [2.05, 4.69) is 5.32 Å². The van der Waals surface area contributed by atoms with Gasteiger partial charge in [-0.3, -0.25) is 24.1 Å². The second-order valence-electron chi connectivity index (χ2n) is 20.5. The molecule has 0 saturated heterocycles. The smallest absolute Gasteiger partial charge is 0.416 e. The zero-order valence-electron chi connectivity index (χ0n) is 42.8. The first kappa shape index (κ1) is 55.9. The number of halogens is 6. The minimum absolute atomic E-state index is 0.00324. The van der Waals surface area contributed by atoms with Gasteiger partial charge in [-0.15, -0.1) is 0 Å². The first-order valence-corrected chi connectivity index (χ1v) is 24.8. The summed E-state index contributed by atoms with van der Waals surface area (Å²) in [6.07, 6.45) is -6.41. The highest BCUT2D eigenvalue weighted by Crippen LogP contribution is 2.48. The third-order valence-corrected chi connectivity index (χ3v) is 13.8. The Labute approximate surface area is 430 Å². The molecule has 75 heavy (non-hydrogen) atoms. The summed E-state index contributed by atoms with van der Waals surface area (Å²) in [5, 5.41) is 21.3. The molecular formula is C55H62F6N4O10. The zero-order chi connectivity index (χ0) is 54.9. The molecule has 2 aliphatic heterocycles. The minimum atomic E-state index is -4.44. The number of ether oxygens (including phenoxy) is 3. The second kappa shape index (κ2) is 22.2. The molecule has 0 radical (unpaired) electrons. The molecule has 4 aromatic rings. The van der Waals surface area contributed by atoms with Crippen molar-refractivity contribution in [3.63, 3.8) is 0 Å². The van der Waals surface area contributed by atoms with E-state index in [1.807, 2.05) is 6.92 Å². The molecule has 2 saturated carbocycles. The van der Waals surface area contributed by atoms with Gasteiger partial charge in [0.2, 0.25) is 5.91 Å². The number of benzene rings is 4. The third kappa shape index (κ3) is 13.4. The highest BCUT2D eigenvalue weighted by Gasteiger charge is 2.41.